The lowest BCUT2D eigenvalue weighted by Gasteiger charge is -2.28. The first-order valence-corrected chi connectivity index (χ1v) is 5.99. The largest absolute Gasteiger partial charge is 0.300 e. The Morgan fingerprint density at radius 3 is 2.38 bits per heavy atom. The van der Waals surface area contributed by atoms with Gasteiger partial charge in [-0.25, -0.2) is 0 Å². The zero-order valence-electron chi connectivity index (χ0n) is 9.32. The molecule has 13 heavy (non-hydrogen) atoms. The van der Waals surface area contributed by atoms with Crippen LogP contribution in [0.2, 0.25) is 0 Å². The van der Waals surface area contributed by atoms with E-state index in [9.17, 15) is 0 Å². The van der Waals surface area contributed by atoms with Gasteiger partial charge in [-0.1, -0.05) is 36.6 Å². The number of hydrogen-bond donors (Lipinski definition) is 1. The average molecular weight is 201 g/mol. The molecule has 1 rings (SSSR count). The lowest BCUT2D eigenvalue weighted by molar-refractivity contribution is 0.256. The van der Waals surface area contributed by atoms with E-state index < -0.39 is 0 Å². The molecule has 1 nitrogen and oxygen atoms in total. The van der Waals surface area contributed by atoms with Gasteiger partial charge in [0.25, 0.3) is 0 Å². The van der Waals surface area contributed by atoms with Crippen molar-refractivity contribution in [3.63, 3.8) is 0 Å². The van der Waals surface area contributed by atoms with Gasteiger partial charge >= 0.3 is 0 Å². The van der Waals surface area contributed by atoms with E-state index in [1.165, 1.54) is 32.1 Å². The second-order valence-electron chi connectivity index (χ2n) is 5.71. The molecular weight excluding hydrogens is 177 g/mol. The molecule has 0 radical (unpaired) electrons. The zero-order valence-corrected chi connectivity index (χ0v) is 10.5. The van der Waals surface area contributed by atoms with Gasteiger partial charge in [-0.05, 0) is 36.5 Å². The fourth-order valence-electron chi connectivity index (χ4n) is 2.31. The molecule has 0 aliphatic heterocycles. The molecule has 0 aromatic rings. The van der Waals surface area contributed by atoms with E-state index in [-0.39, 0.29) is 0 Å². The van der Waals surface area contributed by atoms with Gasteiger partial charge in [0.15, 0.2) is 0 Å². The minimum Gasteiger partial charge on any atom is -0.300 e. The highest BCUT2D eigenvalue weighted by atomic mass is 31.0. The van der Waals surface area contributed by atoms with Crippen LogP contribution in [0, 0.1) is 10.8 Å². The van der Waals surface area contributed by atoms with Crippen molar-refractivity contribution in [2.75, 3.05) is 6.54 Å². The molecule has 0 aromatic carbocycles. The van der Waals surface area contributed by atoms with Gasteiger partial charge in [-0.3, -0.25) is 0 Å². The molecular formula is C11H24NP. The highest BCUT2D eigenvalue weighted by Crippen LogP contribution is 2.41. The van der Waals surface area contributed by atoms with Crippen molar-refractivity contribution < 1.29 is 0 Å². The van der Waals surface area contributed by atoms with Gasteiger partial charge in [-0.15, -0.1) is 0 Å². The van der Waals surface area contributed by atoms with Crippen molar-refractivity contribution in [1.82, 2.24) is 5.09 Å². The summed E-state index contributed by atoms with van der Waals surface area (Å²) in [6.07, 6.45) is 6.95. The Morgan fingerprint density at radius 1 is 1.08 bits per heavy atom. The second kappa shape index (κ2) is 4.28. The van der Waals surface area contributed by atoms with Crippen molar-refractivity contribution in [1.29, 1.82) is 0 Å². The van der Waals surface area contributed by atoms with Crippen molar-refractivity contribution in [2.45, 2.75) is 52.9 Å². The number of hydrogen-bond acceptors (Lipinski definition) is 1. The van der Waals surface area contributed by atoms with Crippen LogP contribution in [0.25, 0.3) is 0 Å². The summed E-state index contributed by atoms with van der Waals surface area (Å²) in [6.45, 7) is 8.39. The van der Waals surface area contributed by atoms with Crippen LogP contribution in [-0.2, 0) is 0 Å². The van der Waals surface area contributed by atoms with Gasteiger partial charge in [0.05, 0.1) is 0 Å². The molecule has 0 bridgehead atoms. The van der Waals surface area contributed by atoms with Crippen molar-refractivity contribution in [3.05, 3.63) is 0 Å². The summed E-state index contributed by atoms with van der Waals surface area (Å²) in [5.74, 6) is 0. The Kier molecular flexibility index (Phi) is 3.77. The van der Waals surface area contributed by atoms with Crippen LogP contribution in [0.15, 0.2) is 0 Å². The number of rotatable bonds is 2. The summed E-state index contributed by atoms with van der Waals surface area (Å²) < 4.78 is 0. The molecule has 1 aliphatic carbocycles. The van der Waals surface area contributed by atoms with Crippen molar-refractivity contribution in [3.8, 4) is 0 Å². The van der Waals surface area contributed by atoms with E-state index in [4.69, 9.17) is 0 Å². The van der Waals surface area contributed by atoms with Crippen LogP contribution in [0.1, 0.15) is 52.9 Å². The molecule has 78 valence electrons. The molecule has 1 saturated carbocycles. The molecule has 1 N–H and O–H groups in total. The molecule has 0 heterocycles. The van der Waals surface area contributed by atoms with E-state index >= 15 is 0 Å². The molecule has 0 aromatic heterocycles. The lowest BCUT2D eigenvalue weighted by Crippen LogP contribution is -2.26. The maximum Gasteiger partial charge on any atom is 0.00396 e. The van der Waals surface area contributed by atoms with Crippen LogP contribution in [0.5, 0.6) is 0 Å². The molecule has 0 amide bonds. The van der Waals surface area contributed by atoms with Gasteiger partial charge < -0.3 is 5.09 Å². The zero-order chi connectivity index (χ0) is 9.95. The first-order valence-electron chi connectivity index (χ1n) is 5.41. The Labute approximate surface area is 85.3 Å². The fourth-order valence-corrected chi connectivity index (χ4v) is 2.80. The highest BCUT2D eigenvalue weighted by Gasteiger charge is 2.31. The second-order valence-corrected chi connectivity index (χ2v) is 6.12. The molecule has 1 aliphatic rings. The van der Waals surface area contributed by atoms with Gasteiger partial charge in [0.1, 0.15) is 0 Å². The van der Waals surface area contributed by atoms with Crippen LogP contribution in [-0.4, -0.2) is 6.54 Å². The third kappa shape index (κ3) is 3.56. The third-order valence-electron chi connectivity index (χ3n) is 3.57. The Morgan fingerprint density at radius 2 is 1.77 bits per heavy atom. The van der Waals surface area contributed by atoms with E-state index in [0.29, 0.717) is 10.8 Å². The third-order valence-corrected chi connectivity index (χ3v) is 3.77. The normalized spacial score (nSPS) is 34.2. The van der Waals surface area contributed by atoms with Gasteiger partial charge in [0, 0.05) is 6.54 Å². The highest BCUT2D eigenvalue weighted by molar-refractivity contribution is 7.13. The Hall–Kier alpha value is 0.390. The van der Waals surface area contributed by atoms with Gasteiger partial charge in [0.2, 0.25) is 0 Å². The molecule has 2 heteroatoms. The first-order chi connectivity index (χ1) is 5.97. The maximum absolute atomic E-state index is 3.25. The molecule has 0 spiro atoms. The summed E-state index contributed by atoms with van der Waals surface area (Å²) in [4.78, 5) is 0. The van der Waals surface area contributed by atoms with E-state index in [2.05, 4.69) is 35.2 Å². The first kappa shape index (κ1) is 11.5. The summed E-state index contributed by atoms with van der Waals surface area (Å²) in [5.41, 5.74) is 1.12. The van der Waals surface area contributed by atoms with Crippen LogP contribution < -0.4 is 5.09 Å². The lowest BCUT2D eigenvalue weighted by atomic mass is 9.80. The predicted molar refractivity (Wildman–Crippen MR) is 62.7 cm³/mol. The van der Waals surface area contributed by atoms with E-state index in [1.807, 2.05) is 0 Å². The average Bonchev–Trinajstić information content (AvgIpc) is 2.13. The van der Waals surface area contributed by atoms with E-state index in [1.54, 1.807) is 0 Å². The summed E-state index contributed by atoms with van der Waals surface area (Å²) >= 11 is 0. The molecule has 2 unspecified atom stereocenters. The molecule has 1 fully saturated rings. The summed E-state index contributed by atoms with van der Waals surface area (Å²) in [5, 5.41) is 3.25. The molecule has 2 atom stereocenters. The van der Waals surface area contributed by atoms with Gasteiger partial charge in [-0.2, -0.15) is 0 Å². The summed E-state index contributed by atoms with van der Waals surface area (Å²) in [6, 6.07) is 0. The summed E-state index contributed by atoms with van der Waals surface area (Å²) in [7, 11) is 2.63. The van der Waals surface area contributed by atoms with Crippen molar-refractivity contribution in [2.24, 2.45) is 10.8 Å². The Bertz CT molecular complexity index is 167. The minimum absolute atomic E-state index is 0.537. The fraction of sp³-hybridized carbons (Fsp3) is 1.00. The van der Waals surface area contributed by atoms with Crippen LogP contribution in [0.3, 0.4) is 0 Å². The number of nitrogens with one attached hydrogen (secondary N) is 1. The van der Waals surface area contributed by atoms with E-state index in [0.717, 1.165) is 6.54 Å². The maximum atomic E-state index is 3.25. The SMILES string of the molecule is CC1(C)CCCC(C)(CNP)CC1. The monoisotopic (exact) mass is 201 g/mol. The Balaban J connectivity index is 2.53. The quantitative estimate of drug-likeness (QED) is 0.533. The van der Waals surface area contributed by atoms with Crippen LogP contribution in [0.4, 0.5) is 0 Å². The van der Waals surface area contributed by atoms with Crippen LogP contribution >= 0.6 is 9.39 Å². The minimum atomic E-state index is 0.537. The standard InChI is InChI=1S/C11H24NP/c1-10(2)5-4-6-11(3,8-7-10)9-12-13/h12H,4-9,13H2,1-3H3. The predicted octanol–water partition coefficient (Wildman–Crippen LogP) is 3.36. The molecule has 0 saturated heterocycles. The topological polar surface area (TPSA) is 12.0 Å². The smallest absolute Gasteiger partial charge is 0.00396 e. The van der Waals surface area contributed by atoms with Crippen molar-refractivity contribution >= 4 is 9.39 Å².